The van der Waals surface area contributed by atoms with Crippen LogP contribution in [-0.4, -0.2) is 41.4 Å². The number of piperidine rings is 1. The van der Waals surface area contributed by atoms with Gasteiger partial charge in [-0.3, -0.25) is 0 Å². The van der Waals surface area contributed by atoms with Gasteiger partial charge in [0.15, 0.2) is 0 Å². The number of carbonyl (C=O) groups excluding carboxylic acids is 1. The van der Waals surface area contributed by atoms with Crippen LogP contribution in [0.5, 0.6) is 0 Å². The van der Waals surface area contributed by atoms with Crippen LogP contribution in [0.2, 0.25) is 0 Å². The fourth-order valence-electron chi connectivity index (χ4n) is 1.64. The second kappa shape index (κ2) is 3.54. The van der Waals surface area contributed by atoms with E-state index in [9.17, 15) is 9.90 Å². The number of amides is 1. The maximum absolute atomic E-state index is 11.3. The molecule has 0 aromatic carbocycles. The van der Waals surface area contributed by atoms with E-state index >= 15 is 0 Å². The molecule has 0 aliphatic carbocycles. The van der Waals surface area contributed by atoms with Crippen LogP contribution < -0.4 is 0 Å². The second-order valence-corrected chi connectivity index (χ2v) is 4.09. The number of β-amino-alcohol motifs (C(OH)–C–C–N with tert-alkyl or cyclic N) is 1. The molecule has 0 saturated carbocycles. The van der Waals surface area contributed by atoms with Crippen molar-refractivity contribution in [2.24, 2.45) is 0 Å². The molecule has 0 aromatic heterocycles. The molecule has 0 bridgehead atoms. The first-order chi connectivity index (χ1) is 5.97. The van der Waals surface area contributed by atoms with E-state index in [2.05, 4.69) is 4.74 Å². The Labute approximate surface area is 78.5 Å². The minimum atomic E-state index is -0.410. The van der Waals surface area contributed by atoms with Crippen molar-refractivity contribution >= 4 is 6.09 Å². The van der Waals surface area contributed by atoms with Crippen molar-refractivity contribution < 1.29 is 14.6 Å². The summed E-state index contributed by atoms with van der Waals surface area (Å²) >= 11 is 0. The predicted octanol–water partition coefficient (Wildman–Crippen LogP) is 0.988. The highest BCUT2D eigenvalue weighted by molar-refractivity contribution is 5.68. The zero-order chi connectivity index (χ0) is 10.1. The Morgan fingerprint density at radius 2 is 2.23 bits per heavy atom. The lowest BCUT2D eigenvalue weighted by Gasteiger charge is -2.43. The number of ether oxygens (including phenoxy) is 1. The lowest BCUT2D eigenvalue weighted by Crippen LogP contribution is -2.54. The molecule has 0 spiro atoms. The minimum absolute atomic E-state index is 0.202. The summed E-state index contributed by atoms with van der Waals surface area (Å²) in [4.78, 5) is 12.9. The molecule has 1 amide bonds. The summed E-state index contributed by atoms with van der Waals surface area (Å²) in [6.45, 7) is 4.34. The maximum Gasteiger partial charge on any atom is 0.410 e. The van der Waals surface area contributed by atoms with Crippen LogP contribution in [0, 0.1) is 0 Å². The van der Waals surface area contributed by atoms with Crippen LogP contribution in [0.15, 0.2) is 0 Å². The van der Waals surface area contributed by atoms with Gasteiger partial charge in [0.1, 0.15) is 0 Å². The van der Waals surface area contributed by atoms with Gasteiger partial charge in [-0.2, -0.15) is 0 Å². The molecule has 76 valence electrons. The molecule has 1 unspecified atom stereocenters. The van der Waals surface area contributed by atoms with E-state index in [1.165, 1.54) is 7.11 Å². The molecule has 1 fully saturated rings. The highest BCUT2D eigenvalue weighted by Gasteiger charge is 2.37. The SMILES string of the molecule is COC(=O)N1CC(O)CCC1(C)C. The maximum atomic E-state index is 11.3. The molecule has 1 N–H and O–H groups in total. The molecule has 1 heterocycles. The average molecular weight is 187 g/mol. The van der Waals surface area contributed by atoms with Gasteiger partial charge in [-0.15, -0.1) is 0 Å². The fraction of sp³-hybridized carbons (Fsp3) is 0.889. The lowest BCUT2D eigenvalue weighted by molar-refractivity contribution is -0.00110. The molecule has 0 radical (unpaired) electrons. The summed E-state index contributed by atoms with van der Waals surface area (Å²) in [6, 6.07) is 0. The van der Waals surface area contributed by atoms with Crippen LogP contribution in [0.4, 0.5) is 4.79 Å². The number of methoxy groups -OCH3 is 1. The first-order valence-corrected chi connectivity index (χ1v) is 4.51. The first kappa shape index (κ1) is 10.3. The predicted molar refractivity (Wildman–Crippen MR) is 48.4 cm³/mol. The normalized spacial score (nSPS) is 27.1. The third-order valence-corrected chi connectivity index (χ3v) is 2.61. The average Bonchev–Trinajstić information content (AvgIpc) is 2.08. The van der Waals surface area contributed by atoms with Crippen LogP contribution in [0.3, 0.4) is 0 Å². The topological polar surface area (TPSA) is 49.8 Å². The largest absolute Gasteiger partial charge is 0.453 e. The zero-order valence-corrected chi connectivity index (χ0v) is 8.41. The lowest BCUT2D eigenvalue weighted by atomic mass is 9.90. The highest BCUT2D eigenvalue weighted by Crippen LogP contribution is 2.27. The van der Waals surface area contributed by atoms with E-state index < -0.39 is 6.10 Å². The van der Waals surface area contributed by atoms with Gasteiger partial charge < -0.3 is 14.7 Å². The van der Waals surface area contributed by atoms with Crippen LogP contribution >= 0.6 is 0 Å². The number of aliphatic hydroxyl groups is 1. The first-order valence-electron chi connectivity index (χ1n) is 4.51. The number of rotatable bonds is 0. The fourth-order valence-corrected chi connectivity index (χ4v) is 1.64. The van der Waals surface area contributed by atoms with Gasteiger partial charge in [0.2, 0.25) is 0 Å². The van der Waals surface area contributed by atoms with Gasteiger partial charge in [-0.05, 0) is 26.7 Å². The number of likely N-dealkylation sites (tertiary alicyclic amines) is 1. The van der Waals surface area contributed by atoms with E-state index in [1.54, 1.807) is 4.90 Å². The van der Waals surface area contributed by atoms with Crippen LogP contribution in [-0.2, 0) is 4.74 Å². The monoisotopic (exact) mass is 187 g/mol. The van der Waals surface area contributed by atoms with Crippen molar-refractivity contribution in [1.29, 1.82) is 0 Å². The molecule has 0 aromatic rings. The summed E-state index contributed by atoms with van der Waals surface area (Å²) in [6.07, 6.45) is 0.792. The number of hydrogen-bond donors (Lipinski definition) is 1. The molecule has 1 rings (SSSR count). The van der Waals surface area contributed by atoms with Crippen molar-refractivity contribution in [1.82, 2.24) is 4.90 Å². The van der Waals surface area contributed by atoms with E-state index in [0.717, 1.165) is 12.8 Å². The van der Waals surface area contributed by atoms with E-state index in [1.807, 2.05) is 13.8 Å². The molecule has 1 saturated heterocycles. The number of carbonyl (C=O) groups is 1. The summed E-state index contributed by atoms with van der Waals surface area (Å²) in [5, 5.41) is 9.41. The highest BCUT2D eigenvalue weighted by atomic mass is 16.5. The molecular weight excluding hydrogens is 170 g/mol. The van der Waals surface area contributed by atoms with Gasteiger partial charge in [0.05, 0.1) is 19.8 Å². The third kappa shape index (κ3) is 2.12. The van der Waals surface area contributed by atoms with Gasteiger partial charge in [0.25, 0.3) is 0 Å². The Hall–Kier alpha value is -0.770. The quantitative estimate of drug-likeness (QED) is 0.615. The van der Waals surface area contributed by atoms with E-state index in [0.29, 0.717) is 6.54 Å². The Morgan fingerprint density at radius 1 is 1.62 bits per heavy atom. The van der Waals surface area contributed by atoms with Gasteiger partial charge in [-0.1, -0.05) is 0 Å². The summed E-state index contributed by atoms with van der Waals surface area (Å²) < 4.78 is 4.65. The van der Waals surface area contributed by atoms with Crippen molar-refractivity contribution in [2.75, 3.05) is 13.7 Å². The zero-order valence-electron chi connectivity index (χ0n) is 8.41. The Balaban J connectivity index is 2.72. The third-order valence-electron chi connectivity index (χ3n) is 2.61. The van der Waals surface area contributed by atoms with Gasteiger partial charge in [0, 0.05) is 5.54 Å². The molecule has 4 heteroatoms. The molecule has 1 aliphatic heterocycles. The second-order valence-electron chi connectivity index (χ2n) is 4.09. The van der Waals surface area contributed by atoms with E-state index in [4.69, 9.17) is 0 Å². The number of nitrogens with zero attached hydrogens (tertiary/aromatic N) is 1. The molecular formula is C9H17NO3. The Bertz CT molecular complexity index is 203. The summed E-state index contributed by atoms with van der Waals surface area (Å²) in [7, 11) is 1.36. The smallest absolute Gasteiger partial charge is 0.410 e. The van der Waals surface area contributed by atoms with Crippen LogP contribution in [0.1, 0.15) is 26.7 Å². The summed E-state index contributed by atoms with van der Waals surface area (Å²) in [5.74, 6) is 0. The van der Waals surface area contributed by atoms with Crippen molar-refractivity contribution in [3.8, 4) is 0 Å². The number of hydrogen-bond acceptors (Lipinski definition) is 3. The molecule has 13 heavy (non-hydrogen) atoms. The minimum Gasteiger partial charge on any atom is -0.453 e. The van der Waals surface area contributed by atoms with Gasteiger partial charge >= 0.3 is 6.09 Å². The molecule has 4 nitrogen and oxygen atoms in total. The van der Waals surface area contributed by atoms with Crippen molar-refractivity contribution in [3.63, 3.8) is 0 Å². The van der Waals surface area contributed by atoms with Crippen LogP contribution in [0.25, 0.3) is 0 Å². The number of aliphatic hydroxyl groups excluding tert-OH is 1. The Kier molecular flexibility index (Phi) is 2.81. The standard InChI is InChI=1S/C9H17NO3/c1-9(2)5-4-7(11)6-10(9)8(12)13-3/h7,11H,4-6H2,1-3H3. The van der Waals surface area contributed by atoms with Crippen molar-refractivity contribution in [3.05, 3.63) is 0 Å². The molecule has 1 aliphatic rings. The van der Waals surface area contributed by atoms with Gasteiger partial charge in [-0.25, -0.2) is 4.79 Å². The summed E-state index contributed by atoms with van der Waals surface area (Å²) in [5.41, 5.74) is -0.202. The Morgan fingerprint density at radius 3 is 2.77 bits per heavy atom. The van der Waals surface area contributed by atoms with Crippen molar-refractivity contribution in [2.45, 2.75) is 38.3 Å². The van der Waals surface area contributed by atoms with E-state index in [-0.39, 0.29) is 11.6 Å². The molecule has 1 atom stereocenters.